The molecule has 2 heteroatoms. The molecule has 0 spiro atoms. The van der Waals surface area contributed by atoms with Crippen LogP contribution in [-0.4, -0.2) is 18.2 Å². The molecule has 0 saturated heterocycles. The van der Waals surface area contributed by atoms with Crippen molar-refractivity contribution < 1.29 is 4.74 Å². The second-order valence-electron chi connectivity index (χ2n) is 2.80. The monoisotopic (exact) mass is 143 g/mol. The first-order valence-corrected chi connectivity index (χ1v) is 3.56. The van der Waals surface area contributed by atoms with Gasteiger partial charge in [-0.2, -0.15) is 0 Å². The fourth-order valence-corrected chi connectivity index (χ4v) is 0.752. The summed E-state index contributed by atoms with van der Waals surface area (Å²) in [4.78, 5) is 0. The highest BCUT2D eigenvalue weighted by Crippen LogP contribution is 2.12. The average molecular weight is 143 g/mol. The van der Waals surface area contributed by atoms with Gasteiger partial charge in [0.25, 0.3) is 0 Å². The summed E-state index contributed by atoms with van der Waals surface area (Å²) >= 11 is 0. The molecular weight excluding hydrogens is 126 g/mol. The minimum Gasteiger partial charge on any atom is -0.374 e. The van der Waals surface area contributed by atoms with E-state index >= 15 is 0 Å². The summed E-state index contributed by atoms with van der Waals surface area (Å²) in [7, 11) is 0. The molecule has 0 amide bonds. The second kappa shape index (κ2) is 3.74. The number of ether oxygens (including phenoxy) is 1. The van der Waals surface area contributed by atoms with Gasteiger partial charge in [-0.1, -0.05) is 6.08 Å². The van der Waals surface area contributed by atoms with Gasteiger partial charge in [-0.15, -0.1) is 6.58 Å². The molecule has 0 aliphatic rings. The molecule has 0 aliphatic heterocycles. The molecule has 0 aromatic rings. The lowest BCUT2D eigenvalue weighted by atomic mass is 10.00. The molecule has 1 atom stereocenters. The van der Waals surface area contributed by atoms with Gasteiger partial charge in [0, 0.05) is 6.61 Å². The van der Waals surface area contributed by atoms with E-state index in [4.69, 9.17) is 10.5 Å². The number of hydrogen-bond acceptors (Lipinski definition) is 2. The van der Waals surface area contributed by atoms with Gasteiger partial charge < -0.3 is 10.5 Å². The number of hydrogen-bond donors (Lipinski definition) is 1. The van der Waals surface area contributed by atoms with Crippen molar-refractivity contribution in [1.82, 2.24) is 0 Å². The zero-order valence-electron chi connectivity index (χ0n) is 7.05. The fourth-order valence-electron chi connectivity index (χ4n) is 0.752. The van der Waals surface area contributed by atoms with E-state index in [1.807, 2.05) is 20.8 Å². The molecule has 0 bridgehead atoms. The first-order valence-electron chi connectivity index (χ1n) is 3.56. The largest absolute Gasteiger partial charge is 0.374 e. The first kappa shape index (κ1) is 9.66. The Morgan fingerprint density at radius 2 is 2.20 bits per heavy atom. The quantitative estimate of drug-likeness (QED) is 0.602. The Labute approximate surface area is 63.1 Å². The smallest absolute Gasteiger partial charge is 0.0812 e. The van der Waals surface area contributed by atoms with Crippen LogP contribution < -0.4 is 5.73 Å². The third-order valence-corrected chi connectivity index (χ3v) is 1.57. The molecule has 0 aliphatic carbocycles. The molecule has 0 saturated carbocycles. The maximum Gasteiger partial charge on any atom is 0.0812 e. The van der Waals surface area contributed by atoms with Crippen LogP contribution in [0.1, 0.15) is 20.8 Å². The number of rotatable bonds is 4. The summed E-state index contributed by atoms with van der Waals surface area (Å²) in [5.41, 5.74) is 5.41. The van der Waals surface area contributed by atoms with Crippen molar-refractivity contribution >= 4 is 0 Å². The van der Waals surface area contributed by atoms with Gasteiger partial charge in [0.2, 0.25) is 0 Å². The van der Waals surface area contributed by atoms with E-state index in [1.165, 1.54) is 0 Å². The minimum absolute atomic E-state index is 0.0903. The lowest BCUT2D eigenvalue weighted by Crippen LogP contribution is -2.43. The van der Waals surface area contributed by atoms with Gasteiger partial charge >= 0.3 is 0 Å². The maximum absolute atomic E-state index is 5.69. The van der Waals surface area contributed by atoms with Crippen LogP contribution in [0.2, 0.25) is 0 Å². The maximum atomic E-state index is 5.69. The van der Waals surface area contributed by atoms with Crippen molar-refractivity contribution in [3.8, 4) is 0 Å². The lowest BCUT2D eigenvalue weighted by molar-refractivity contribution is -0.0185. The van der Waals surface area contributed by atoms with Gasteiger partial charge in [-0.3, -0.25) is 0 Å². The zero-order chi connectivity index (χ0) is 8.20. The summed E-state index contributed by atoms with van der Waals surface area (Å²) in [6.45, 7) is 10.2. The molecule has 0 fully saturated rings. The Bertz CT molecular complexity index is 110. The molecule has 0 radical (unpaired) electrons. The second-order valence-corrected chi connectivity index (χ2v) is 2.80. The van der Waals surface area contributed by atoms with Crippen molar-refractivity contribution in [3.63, 3.8) is 0 Å². The SMILES string of the molecule is C=CC(N)C(C)(C)OCC. The molecule has 0 heterocycles. The Balaban J connectivity index is 3.94. The Hall–Kier alpha value is -0.340. The summed E-state index contributed by atoms with van der Waals surface area (Å²) in [6, 6.07) is -0.0903. The number of nitrogens with two attached hydrogens (primary N) is 1. The topological polar surface area (TPSA) is 35.2 Å². The van der Waals surface area contributed by atoms with Gasteiger partial charge in [0.05, 0.1) is 11.6 Å². The minimum atomic E-state index is -0.281. The molecule has 10 heavy (non-hydrogen) atoms. The van der Waals surface area contributed by atoms with Gasteiger partial charge in [0.15, 0.2) is 0 Å². The van der Waals surface area contributed by atoms with Crippen LogP contribution in [0.5, 0.6) is 0 Å². The van der Waals surface area contributed by atoms with E-state index in [-0.39, 0.29) is 11.6 Å². The Morgan fingerprint density at radius 3 is 2.50 bits per heavy atom. The van der Waals surface area contributed by atoms with E-state index in [0.717, 1.165) is 0 Å². The van der Waals surface area contributed by atoms with E-state index in [0.29, 0.717) is 6.61 Å². The van der Waals surface area contributed by atoms with E-state index in [2.05, 4.69) is 6.58 Å². The summed E-state index contributed by atoms with van der Waals surface area (Å²) in [5.74, 6) is 0. The van der Waals surface area contributed by atoms with Gasteiger partial charge in [-0.05, 0) is 20.8 Å². The molecule has 60 valence electrons. The molecule has 2 nitrogen and oxygen atoms in total. The molecule has 2 N–H and O–H groups in total. The third kappa shape index (κ3) is 2.50. The first-order chi connectivity index (χ1) is 4.54. The van der Waals surface area contributed by atoms with E-state index in [1.54, 1.807) is 6.08 Å². The molecular formula is C8H17NO. The summed E-state index contributed by atoms with van der Waals surface area (Å²) in [5, 5.41) is 0. The van der Waals surface area contributed by atoms with Crippen LogP contribution in [0.25, 0.3) is 0 Å². The van der Waals surface area contributed by atoms with Crippen LogP contribution in [0.4, 0.5) is 0 Å². The lowest BCUT2D eigenvalue weighted by Gasteiger charge is -2.28. The van der Waals surface area contributed by atoms with Crippen molar-refractivity contribution in [3.05, 3.63) is 12.7 Å². The van der Waals surface area contributed by atoms with Crippen LogP contribution in [-0.2, 0) is 4.74 Å². The van der Waals surface area contributed by atoms with Gasteiger partial charge in [0.1, 0.15) is 0 Å². The van der Waals surface area contributed by atoms with E-state index < -0.39 is 0 Å². The van der Waals surface area contributed by atoms with Crippen LogP contribution in [0.15, 0.2) is 12.7 Å². The summed E-state index contributed by atoms with van der Waals surface area (Å²) in [6.07, 6.45) is 1.70. The zero-order valence-corrected chi connectivity index (χ0v) is 7.05. The highest BCUT2D eigenvalue weighted by Gasteiger charge is 2.23. The molecule has 0 rings (SSSR count). The van der Waals surface area contributed by atoms with Crippen molar-refractivity contribution in [2.75, 3.05) is 6.61 Å². The molecule has 0 aromatic heterocycles. The van der Waals surface area contributed by atoms with Crippen LogP contribution in [0, 0.1) is 0 Å². The predicted octanol–water partition coefficient (Wildman–Crippen LogP) is 1.31. The van der Waals surface area contributed by atoms with Gasteiger partial charge in [-0.25, -0.2) is 0 Å². The standard InChI is InChI=1S/C8H17NO/c1-5-7(9)8(3,4)10-6-2/h5,7H,1,6,9H2,2-4H3. The van der Waals surface area contributed by atoms with Crippen molar-refractivity contribution in [2.45, 2.75) is 32.4 Å². The van der Waals surface area contributed by atoms with E-state index in [9.17, 15) is 0 Å². The van der Waals surface area contributed by atoms with Crippen LogP contribution >= 0.6 is 0 Å². The molecule has 1 unspecified atom stereocenters. The fraction of sp³-hybridized carbons (Fsp3) is 0.750. The third-order valence-electron chi connectivity index (χ3n) is 1.57. The Morgan fingerprint density at radius 1 is 1.70 bits per heavy atom. The van der Waals surface area contributed by atoms with Crippen molar-refractivity contribution in [1.29, 1.82) is 0 Å². The Kier molecular flexibility index (Phi) is 3.61. The normalized spacial score (nSPS) is 14.8. The van der Waals surface area contributed by atoms with Crippen molar-refractivity contribution in [2.24, 2.45) is 5.73 Å². The highest BCUT2D eigenvalue weighted by molar-refractivity contribution is 4.95. The average Bonchev–Trinajstić information content (AvgIpc) is 1.86. The highest BCUT2D eigenvalue weighted by atomic mass is 16.5. The summed E-state index contributed by atoms with van der Waals surface area (Å²) < 4.78 is 5.39. The van der Waals surface area contributed by atoms with Crippen LogP contribution in [0.3, 0.4) is 0 Å². The molecule has 0 aromatic carbocycles. The predicted molar refractivity (Wildman–Crippen MR) is 43.9 cm³/mol.